The van der Waals surface area contributed by atoms with Crippen molar-refractivity contribution in [1.29, 1.82) is 0 Å². The second-order valence-electron chi connectivity index (χ2n) is 5.66. The molecule has 4 rings (SSSR count). The molecule has 0 amide bonds. The Kier molecular flexibility index (Phi) is 5.05. The third kappa shape index (κ3) is 3.67. The standard InChI is InChI=1S/C20H12Cl3NOS/c21-13-6-8-18(25-11-12-5-7-15(22)16(23)9-12)14(10-13)20-24-17-3-1-2-4-19(17)26-20/h1-10H,11H2. The van der Waals surface area contributed by atoms with Crippen molar-refractivity contribution in [3.05, 3.63) is 81.3 Å². The Morgan fingerprint density at radius 2 is 1.73 bits per heavy atom. The summed E-state index contributed by atoms with van der Waals surface area (Å²) in [6.45, 7) is 0.371. The van der Waals surface area contributed by atoms with Crippen LogP contribution in [-0.4, -0.2) is 4.98 Å². The Morgan fingerprint density at radius 3 is 2.54 bits per heavy atom. The lowest BCUT2D eigenvalue weighted by Crippen LogP contribution is -1.97. The van der Waals surface area contributed by atoms with Gasteiger partial charge in [0, 0.05) is 5.02 Å². The zero-order valence-corrected chi connectivity index (χ0v) is 16.5. The molecule has 6 heteroatoms. The van der Waals surface area contributed by atoms with Crippen molar-refractivity contribution >= 4 is 56.4 Å². The van der Waals surface area contributed by atoms with E-state index in [0.717, 1.165) is 32.1 Å². The minimum Gasteiger partial charge on any atom is -0.488 e. The largest absolute Gasteiger partial charge is 0.488 e. The number of ether oxygens (including phenoxy) is 1. The van der Waals surface area contributed by atoms with Crippen LogP contribution in [0.25, 0.3) is 20.8 Å². The Morgan fingerprint density at radius 1 is 0.885 bits per heavy atom. The monoisotopic (exact) mass is 419 g/mol. The van der Waals surface area contributed by atoms with Crippen molar-refractivity contribution in [2.24, 2.45) is 0 Å². The quantitative estimate of drug-likeness (QED) is 0.341. The van der Waals surface area contributed by atoms with Gasteiger partial charge in [0.25, 0.3) is 0 Å². The summed E-state index contributed by atoms with van der Waals surface area (Å²) in [4.78, 5) is 4.71. The topological polar surface area (TPSA) is 22.1 Å². The lowest BCUT2D eigenvalue weighted by molar-refractivity contribution is 0.307. The number of para-hydroxylation sites is 1. The van der Waals surface area contributed by atoms with E-state index in [1.807, 2.05) is 42.5 Å². The van der Waals surface area contributed by atoms with Crippen LogP contribution in [0.15, 0.2) is 60.7 Å². The highest BCUT2D eigenvalue weighted by Crippen LogP contribution is 2.37. The van der Waals surface area contributed by atoms with Gasteiger partial charge in [-0.25, -0.2) is 4.98 Å². The fourth-order valence-electron chi connectivity index (χ4n) is 2.57. The van der Waals surface area contributed by atoms with Crippen LogP contribution in [-0.2, 0) is 6.61 Å². The normalized spacial score (nSPS) is 11.0. The molecule has 0 saturated carbocycles. The second kappa shape index (κ2) is 7.45. The molecule has 0 aliphatic carbocycles. The van der Waals surface area contributed by atoms with Crippen LogP contribution >= 0.6 is 46.1 Å². The Labute approximate surface area is 169 Å². The Hall–Kier alpha value is -1.78. The molecule has 0 saturated heterocycles. The minimum absolute atomic E-state index is 0.371. The molecule has 0 spiro atoms. The van der Waals surface area contributed by atoms with Gasteiger partial charge >= 0.3 is 0 Å². The number of nitrogens with zero attached hydrogens (tertiary/aromatic N) is 1. The molecular weight excluding hydrogens is 409 g/mol. The van der Waals surface area contributed by atoms with E-state index in [1.165, 1.54) is 0 Å². The lowest BCUT2D eigenvalue weighted by Gasteiger charge is -2.11. The first-order chi connectivity index (χ1) is 12.6. The molecule has 26 heavy (non-hydrogen) atoms. The molecular formula is C20H12Cl3NOS. The summed E-state index contributed by atoms with van der Waals surface area (Å²) >= 11 is 19.9. The summed E-state index contributed by atoms with van der Waals surface area (Å²) in [5.41, 5.74) is 2.77. The van der Waals surface area contributed by atoms with Crippen LogP contribution in [0, 0.1) is 0 Å². The number of hydrogen-bond donors (Lipinski definition) is 0. The second-order valence-corrected chi connectivity index (χ2v) is 7.95. The molecule has 0 atom stereocenters. The number of rotatable bonds is 4. The third-order valence-corrected chi connectivity index (χ3v) is 5.89. The van der Waals surface area contributed by atoms with Gasteiger partial charge in [0.1, 0.15) is 17.4 Å². The third-order valence-electron chi connectivity index (χ3n) is 3.84. The molecule has 0 fully saturated rings. The summed E-state index contributed by atoms with van der Waals surface area (Å²) in [5.74, 6) is 0.722. The van der Waals surface area contributed by atoms with E-state index in [0.29, 0.717) is 21.7 Å². The van der Waals surface area contributed by atoms with Gasteiger partial charge in [-0.3, -0.25) is 0 Å². The van der Waals surface area contributed by atoms with Gasteiger partial charge < -0.3 is 4.74 Å². The Bertz CT molecular complexity index is 1060. The number of thiazole rings is 1. The highest BCUT2D eigenvalue weighted by atomic mass is 35.5. The molecule has 1 aromatic heterocycles. The number of benzene rings is 3. The van der Waals surface area contributed by atoms with Crippen molar-refractivity contribution in [3.8, 4) is 16.3 Å². The summed E-state index contributed by atoms with van der Waals surface area (Å²) in [5, 5.41) is 2.55. The van der Waals surface area contributed by atoms with Crippen molar-refractivity contribution in [2.45, 2.75) is 6.61 Å². The van der Waals surface area contributed by atoms with Crippen molar-refractivity contribution in [2.75, 3.05) is 0 Å². The van der Waals surface area contributed by atoms with E-state index in [-0.39, 0.29) is 0 Å². The van der Waals surface area contributed by atoms with Gasteiger partial charge in [-0.2, -0.15) is 0 Å². The maximum Gasteiger partial charge on any atom is 0.130 e. The van der Waals surface area contributed by atoms with Crippen molar-refractivity contribution < 1.29 is 4.74 Å². The van der Waals surface area contributed by atoms with E-state index in [1.54, 1.807) is 23.5 Å². The number of hydrogen-bond acceptors (Lipinski definition) is 3. The van der Waals surface area contributed by atoms with E-state index in [9.17, 15) is 0 Å². The molecule has 4 aromatic rings. The molecule has 0 radical (unpaired) electrons. The SMILES string of the molecule is Clc1ccc(OCc2ccc(Cl)c(Cl)c2)c(-c2nc3ccccc3s2)c1. The van der Waals surface area contributed by atoms with Crippen LogP contribution in [0.2, 0.25) is 15.1 Å². The van der Waals surface area contributed by atoms with Crippen LogP contribution in [0.5, 0.6) is 5.75 Å². The first-order valence-electron chi connectivity index (χ1n) is 7.82. The molecule has 2 nitrogen and oxygen atoms in total. The summed E-state index contributed by atoms with van der Waals surface area (Å²) in [6.07, 6.45) is 0. The van der Waals surface area contributed by atoms with Gasteiger partial charge in [-0.1, -0.05) is 53.0 Å². The molecule has 0 N–H and O–H groups in total. The van der Waals surface area contributed by atoms with Crippen LogP contribution in [0.4, 0.5) is 0 Å². The Balaban J connectivity index is 1.67. The highest BCUT2D eigenvalue weighted by molar-refractivity contribution is 7.21. The highest BCUT2D eigenvalue weighted by Gasteiger charge is 2.13. The summed E-state index contributed by atoms with van der Waals surface area (Å²) in [7, 11) is 0. The minimum atomic E-state index is 0.371. The van der Waals surface area contributed by atoms with Gasteiger partial charge in [0.05, 0.1) is 25.8 Å². The fraction of sp³-hybridized carbons (Fsp3) is 0.0500. The lowest BCUT2D eigenvalue weighted by atomic mass is 10.2. The maximum absolute atomic E-state index is 6.21. The smallest absolute Gasteiger partial charge is 0.130 e. The average molecular weight is 421 g/mol. The molecule has 1 heterocycles. The average Bonchev–Trinajstić information content (AvgIpc) is 3.07. The van der Waals surface area contributed by atoms with Gasteiger partial charge in [-0.15, -0.1) is 11.3 Å². The zero-order chi connectivity index (χ0) is 18.1. The van der Waals surface area contributed by atoms with E-state index >= 15 is 0 Å². The first kappa shape index (κ1) is 17.6. The van der Waals surface area contributed by atoms with E-state index in [2.05, 4.69) is 6.07 Å². The fourth-order valence-corrected chi connectivity index (χ4v) is 4.05. The first-order valence-corrected chi connectivity index (χ1v) is 9.77. The van der Waals surface area contributed by atoms with Gasteiger partial charge in [-0.05, 0) is 48.0 Å². The van der Waals surface area contributed by atoms with Crippen LogP contribution in [0.3, 0.4) is 0 Å². The summed E-state index contributed by atoms with van der Waals surface area (Å²) < 4.78 is 7.15. The van der Waals surface area contributed by atoms with Crippen LogP contribution in [0.1, 0.15) is 5.56 Å². The molecule has 0 bridgehead atoms. The van der Waals surface area contributed by atoms with Crippen molar-refractivity contribution in [1.82, 2.24) is 4.98 Å². The molecule has 0 aliphatic heterocycles. The maximum atomic E-state index is 6.21. The molecule has 0 aliphatic rings. The van der Waals surface area contributed by atoms with Crippen LogP contribution < -0.4 is 4.74 Å². The van der Waals surface area contributed by atoms with Gasteiger partial charge in [0.15, 0.2) is 0 Å². The summed E-state index contributed by atoms with van der Waals surface area (Å²) in [6, 6.07) is 19.0. The van der Waals surface area contributed by atoms with Crippen molar-refractivity contribution in [3.63, 3.8) is 0 Å². The number of halogens is 3. The van der Waals surface area contributed by atoms with Gasteiger partial charge in [0.2, 0.25) is 0 Å². The molecule has 0 unspecified atom stereocenters. The van der Waals surface area contributed by atoms with E-state index < -0.39 is 0 Å². The predicted molar refractivity (Wildman–Crippen MR) is 111 cm³/mol. The zero-order valence-electron chi connectivity index (χ0n) is 13.4. The number of fused-ring (bicyclic) bond motifs is 1. The molecule has 130 valence electrons. The molecule has 3 aromatic carbocycles. The predicted octanol–water partition coefficient (Wildman–Crippen LogP) is 7.50. The number of aromatic nitrogens is 1. The van der Waals surface area contributed by atoms with E-state index in [4.69, 9.17) is 44.5 Å².